The highest BCUT2D eigenvalue weighted by atomic mass is 16.5. The van der Waals surface area contributed by atoms with E-state index in [0.29, 0.717) is 39.3 Å². The van der Waals surface area contributed by atoms with E-state index in [1.54, 1.807) is 9.80 Å². The first-order chi connectivity index (χ1) is 8.59. The van der Waals surface area contributed by atoms with Crippen LogP contribution in [0.1, 0.15) is 19.8 Å². The van der Waals surface area contributed by atoms with E-state index in [1.807, 2.05) is 6.92 Å². The van der Waals surface area contributed by atoms with Crippen LogP contribution in [0.15, 0.2) is 0 Å². The Morgan fingerprint density at radius 1 is 1.22 bits per heavy atom. The molecular weight excluding hydrogens is 236 g/mol. The highest BCUT2D eigenvalue weighted by molar-refractivity contribution is 5.77. The van der Waals surface area contributed by atoms with Gasteiger partial charge in [0.25, 0.3) is 0 Å². The molecule has 0 aromatic heterocycles. The number of piperidine rings is 1. The number of hydrogen-bond acceptors (Lipinski definition) is 3. The van der Waals surface area contributed by atoms with Crippen molar-refractivity contribution in [3.63, 3.8) is 0 Å². The Hall–Kier alpha value is -1.30. The van der Waals surface area contributed by atoms with Crippen molar-refractivity contribution in [2.45, 2.75) is 25.8 Å². The number of amides is 2. The van der Waals surface area contributed by atoms with Crippen molar-refractivity contribution in [3.05, 3.63) is 0 Å². The van der Waals surface area contributed by atoms with Gasteiger partial charge in [0.05, 0.1) is 19.1 Å². The zero-order chi connectivity index (χ0) is 13.1. The molecule has 6 heteroatoms. The molecule has 2 amide bonds. The largest absolute Gasteiger partial charge is 0.481 e. The summed E-state index contributed by atoms with van der Waals surface area (Å²) in [5.41, 5.74) is 0. The fourth-order valence-electron chi connectivity index (χ4n) is 2.51. The first kappa shape index (κ1) is 13.1. The summed E-state index contributed by atoms with van der Waals surface area (Å²) in [6.07, 6.45) is 1.41. The number of aliphatic carboxylic acids is 1. The molecule has 18 heavy (non-hydrogen) atoms. The summed E-state index contributed by atoms with van der Waals surface area (Å²) in [6, 6.07) is 0.0766. The number of likely N-dealkylation sites (tertiary alicyclic amines) is 1. The van der Waals surface area contributed by atoms with Gasteiger partial charge in [0, 0.05) is 25.7 Å². The smallest absolute Gasteiger partial charge is 0.320 e. The highest BCUT2D eigenvalue weighted by Gasteiger charge is 2.34. The molecule has 2 atom stereocenters. The number of hydrogen-bond donors (Lipinski definition) is 1. The molecule has 1 N–H and O–H groups in total. The number of morpholine rings is 1. The number of ether oxygens (including phenoxy) is 1. The predicted molar refractivity (Wildman–Crippen MR) is 64.3 cm³/mol. The van der Waals surface area contributed by atoms with E-state index in [2.05, 4.69) is 0 Å². The summed E-state index contributed by atoms with van der Waals surface area (Å²) in [6.45, 7) is 4.63. The van der Waals surface area contributed by atoms with Crippen LogP contribution in [0.25, 0.3) is 0 Å². The number of nitrogens with zero attached hydrogens (tertiary/aromatic N) is 2. The van der Waals surface area contributed by atoms with Gasteiger partial charge in [-0.2, -0.15) is 0 Å². The minimum absolute atomic E-state index is 0.0447. The van der Waals surface area contributed by atoms with Crippen molar-refractivity contribution in [2.24, 2.45) is 5.92 Å². The molecule has 102 valence electrons. The molecule has 2 aliphatic rings. The lowest BCUT2D eigenvalue weighted by molar-refractivity contribution is -0.143. The van der Waals surface area contributed by atoms with E-state index < -0.39 is 11.9 Å². The molecule has 0 aliphatic carbocycles. The van der Waals surface area contributed by atoms with Gasteiger partial charge in [-0.25, -0.2) is 4.79 Å². The second-order valence-corrected chi connectivity index (χ2v) is 5.00. The number of urea groups is 1. The topological polar surface area (TPSA) is 70.1 Å². The maximum Gasteiger partial charge on any atom is 0.320 e. The first-order valence-corrected chi connectivity index (χ1v) is 6.45. The number of carboxylic acids is 1. The minimum atomic E-state index is -0.804. The van der Waals surface area contributed by atoms with Crippen molar-refractivity contribution in [1.29, 1.82) is 0 Å². The van der Waals surface area contributed by atoms with Crippen molar-refractivity contribution in [1.82, 2.24) is 9.80 Å². The summed E-state index contributed by atoms with van der Waals surface area (Å²) < 4.78 is 5.22. The molecule has 2 saturated heterocycles. The van der Waals surface area contributed by atoms with Crippen LogP contribution in [-0.2, 0) is 9.53 Å². The lowest BCUT2D eigenvalue weighted by Crippen LogP contribution is -2.54. The third kappa shape index (κ3) is 2.75. The third-order valence-corrected chi connectivity index (χ3v) is 3.76. The molecule has 0 bridgehead atoms. The Kier molecular flexibility index (Phi) is 4.06. The van der Waals surface area contributed by atoms with Crippen LogP contribution in [0.5, 0.6) is 0 Å². The predicted octanol–water partition coefficient (Wildman–Crippen LogP) is 0.624. The lowest BCUT2D eigenvalue weighted by Gasteiger charge is -2.40. The molecule has 2 rings (SSSR count). The Morgan fingerprint density at radius 3 is 2.50 bits per heavy atom. The van der Waals surface area contributed by atoms with Gasteiger partial charge in [-0.05, 0) is 19.8 Å². The van der Waals surface area contributed by atoms with E-state index in [-0.39, 0.29) is 12.1 Å². The first-order valence-electron chi connectivity index (χ1n) is 6.45. The monoisotopic (exact) mass is 256 g/mol. The van der Waals surface area contributed by atoms with Crippen molar-refractivity contribution < 1.29 is 19.4 Å². The summed E-state index contributed by atoms with van der Waals surface area (Å²) in [7, 11) is 0. The molecule has 0 spiro atoms. The average molecular weight is 256 g/mol. The zero-order valence-corrected chi connectivity index (χ0v) is 10.7. The molecule has 2 heterocycles. The molecular formula is C12H20N2O4. The molecule has 2 fully saturated rings. The SMILES string of the molecule is CC1CCC(C(=O)O)CN1C(=O)N1CCOCC1. The van der Waals surface area contributed by atoms with Crippen molar-refractivity contribution in [3.8, 4) is 0 Å². The molecule has 2 aliphatic heterocycles. The van der Waals surface area contributed by atoms with Crippen molar-refractivity contribution >= 4 is 12.0 Å². The number of carbonyl (C=O) groups excluding carboxylic acids is 1. The van der Waals surface area contributed by atoms with Crippen LogP contribution in [0.4, 0.5) is 4.79 Å². The Morgan fingerprint density at radius 2 is 1.89 bits per heavy atom. The van der Waals surface area contributed by atoms with Crippen LogP contribution in [0.2, 0.25) is 0 Å². The zero-order valence-electron chi connectivity index (χ0n) is 10.7. The van der Waals surface area contributed by atoms with E-state index in [9.17, 15) is 9.59 Å². The lowest BCUT2D eigenvalue weighted by atomic mass is 9.94. The molecule has 0 radical (unpaired) electrons. The van der Waals surface area contributed by atoms with Gasteiger partial charge in [-0.15, -0.1) is 0 Å². The van der Waals surface area contributed by atoms with Crippen LogP contribution < -0.4 is 0 Å². The maximum absolute atomic E-state index is 12.3. The van der Waals surface area contributed by atoms with Gasteiger partial charge in [0.1, 0.15) is 0 Å². The van der Waals surface area contributed by atoms with Gasteiger partial charge < -0.3 is 19.6 Å². The fourth-order valence-corrected chi connectivity index (χ4v) is 2.51. The normalized spacial score (nSPS) is 29.2. The second-order valence-electron chi connectivity index (χ2n) is 5.00. The van der Waals surface area contributed by atoms with Crippen LogP contribution in [0.3, 0.4) is 0 Å². The van der Waals surface area contributed by atoms with Gasteiger partial charge in [-0.1, -0.05) is 0 Å². The summed E-state index contributed by atoms with van der Waals surface area (Å²) in [5.74, 6) is -1.23. The summed E-state index contributed by atoms with van der Waals surface area (Å²) >= 11 is 0. The Balaban J connectivity index is 2.00. The molecule has 6 nitrogen and oxygen atoms in total. The summed E-state index contributed by atoms with van der Waals surface area (Å²) in [4.78, 5) is 26.8. The van der Waals surface area contributed by atoms with Gasteiger partial charge in [0.15, 0.2) is 0 Å². The molecule has 2 unspecified atom stereocenters. The van der Waals surface area contributed by atoms with Crippen LogP contribution in [-0.4, -0.2) is 65.8 Å². The standard InChI is InChI=1S/C12H20N2O4/c1-9-2-3-10(11(15)16)8-14(9)12(17)13-4-6-18-7-5-13/h9-10H,2-8H2,1H3,(H,15,16). The average Bonchev–Trinajstić information content (AvgIpc) is 2.39. The van der Waals surface area contributed by atoms with E-state index >= 15 is 0 Å². The van der Waals surface area contributed by atoms with E-state index in [4.69, 9.17) is 9.84 Å². The third-order valence-electron chi connectivity index (χ3n) is 3.76. The molecule has 0 saturated carbocycles. The Bertz CT molecular complexity index is 328. The Labute approximate surface area is 106 Å². The van der Waals surface area contributed by atoms with E-state index in [0.717, 1.165) is 6.42 Å². The van der Waals surface area contributed by atoms with Gasteiger partial charge >= 0.3 is 12.0 Å². The van der Waals surface area contributed by atoms with Crippen LogP contribution >= 0.6 is 0 Å². The molecule has 0 aromatic carbocycles. The van der Waals surface area contributed by atoms with Crippen LogP contribution in [0, 0.1) is 5.92 Å². The number of carboxylic acid groups (broad SMARTS) is 1. The minimum Gasteiger partial charge on any atom is -0.481 e. The van der Waals surface area contributed by atoms with E-state index in [1.165, 1.54) is 0 Å². The van der Waals surface area contributed by atoms with Gasteiger partial charge in [0.2, 0.25) is 0 Å². The number of rotatable bonds is 1. The molecule has 0 aromatic rings. The fraction of sp³-hybridized carbons (Fsp3) is 0.833. The van der Waals surface area contributed by atoms with Gasteiger partial charge in [-0.3, -0.25) is 4.79 Å². The number of carbonyl (C=O) groups is 2. The maximum atomic E-state index is 12.3. The quantitative estimate of drug-likeness (QED) is 0.747. The highest BCUT2D eigenvalue weighted by Crippen LogP contribution is 2.23. The second kappa shape index (κ2) is 5.56. The summed E-state index contributed by atoms with van der Waals surface area (Å²) in [5, 5.41) is 9.06. The van der Waals surface area contributed by atoms with Crippen molar-refractivity contribution in [2.75, 3.05) is 32.8 Å².